The van der Waals surface area contributed by atoms with Crippen LogP contribution in [0.3, 0.4) is 0 Å². The Morgan fingerprint density at radius 3 is 2.36 bits per heavy atom. The van der Waals surface area contributed by atoms with Crippen LogP contribution in [-0.4, -0.2) is 34.7 Å². The molecule has 0 aliphatic heterocycles. The average Bonchev–Trinajstić information content (AvgIpc) is 3.20. The van der Waals surface area contributed by atoms with Crippen LogP contribution in [0.5, 0.6) is 0 Å². The van der Waals surface area contributed by atoms with E-state index in [1.54, 1.807) is 12.1 Å². The lowest BCUT2D eigenvalue weighted by molar-refractivity contribution is -0.120. The van der Waals surface area contributed by atoms with Crippen molar-refractivity contribution < 1.29 is 18.8 Å². The van der Waals surface area contributed by atoms with Crippen molar-refractivity contribution >= 4 is 23.4 Å². The highest BCUT2D eigenvalue weighted by atomic mass is 19.1. The van der Waals surface area contributed by atoms with Crippen molar-refractivity contribution in [3.05, 3.63) is 47.8 Å². The summed E-state index contributed by atoms with van der Waals surface area (Å²) in [6, 6.07) is 5.90. The molecule has 1 heterocycles. The van der Waals surface area contributed by atoms with Gasteiger partial charge in [-0.15, -0.1) is 0 Å². The van der Waals surface area contributed by atoms with Gasteiger partial charge in [-0.1, -0.05) is 19.3 Å². The lowest BCUT2D eigenvalue weighted by Crippen LogP contribution is -2.24. The number of benzene rings is 1. The molecule has 3 rings (SSSR count). The molecule has 8 nitrogen and oxygen atoms in total. The van der Waals surface area contributed by atoms with Crippen LogP contribution in [-0.2, 0) is 4.79 Å². The number of hydrogen-bond donors (Lipinski definition) is 4. The number of imidazole rings is 1. The van der Waals surface area contributed by atoms with Crippen LogP contribution < -0.4 is 16.4 Å². The number of anilines is 1. The Labute approximate surface area is 162 Å². The van der Waals surface area contributed by atoms with E-state index in [0.717, 1.165) is 25.7 Å². The van der Waals surface area contributed by atoms with Crippen molar-refractivity contribution in [3.8, 4) is 0 Å². The summed E-state index contributed by atoms with van der Waals surface area (Å²) in [5, 5.41) is 5.18. The Morgan fingerprint density at radius 2 is 1.79 bits per heavy atom. The van der Waals surface area contributed by atoms with Crippen LogP contribution in [0, 0.1) is 11.7 Å². The van der Waals surface area contributed by atoms with Crippen LogP contribution in [0.15, 0.2) is 30.6 Å². The van der Waals surface area contributed by atoms with Gasteiger partial charge in [0, 0.05) is 18.7 Å². The van der Waals surface area contributed by atoms with Gasteiger partial charge in [-0.05, 0) is 37.1 Å². The molecule has 1 aliphatic rings. The maximum absolute atomic E-state index is 12.7. The number of rotatable bonds is 4. The molecule has 1 saturated carbocycles. The molecule has 3 amide bonds. The Hall–Kier alpha value is -3.23. The highest BCUT2D eigenvalue weighted by Gasteiger charge is 2.20. The molecule has 0 spiro atoms. The van der Waals surface area contributed by atoms with E-state index in [4.69, 9.17) is 5.73 Å². The maximum atomic E-state index is 12.7. The summed E-state index contributed by atoms with van der Waals surface area (Å²) in [5.41, 5.74) is 5.67. The van der Waals surface area contributed by atoms with E-state index in [1.807, 2.05) is 0 Å². The van der Waals surface area contributed by atoms with Crippen molar-refractivity contribution in [1.29, 1.82) is 0 Å². The summed E-state index contributed by atoms with van der Waals surface area (Å²) in [6.45, 7) is 0. The summed E-state index contributed by atoms with van der Waals surface area (Å²) in [5.74, 6) is -1.21. The third kappa shape index (κ3) is 5.90. The molecule has 5 N–H and O–H groups in total. The number of nitrogens with zero attached hydrogens (tertiary/aromatic N) is 1. The fraction of sp³-hybridized carbons (Fsp3) is 0.368. The quantitative estimate of drug-likeness (QED) is 0.639. The first kappa shape index (κ1) is 21.1. The molecule has 28 heavy (non-hydrogen) atoms. The summed E-state index contributed by atoms with van der Waals surface area (Å²) in [6.07, 6.45) is 6.72. The van der Waals surface area contributed by atoms with Crippen molar-refractivity contribution in [3.63, 3.8) is 0 Å². The molecule has 9 heteroatoms. The number of primary amides is 1. The van der Waals surface area contributed by atoms with Gasteiger partial charge >= 0.3 is 0 Å². The van der Waals surface area contributed by atoms with E-state index in [1.165, 1.54) is 31.9 Å². The van der Waals surface area contributed by atoms with Crippen LogP contribution in [0.25, 0.3) is 0 Å². The zero-order valence-corrected chi connectivity index (χ0v) is 15.6. The lowest BCUT2D eigenvalue weighted by Gasteiger charge is -2.20. The van der Waals surface area contributed by atoms with E-state index in [9.17, 15) is 18.8 Å². The number of halogens is 1. The molecule has 1 fully saturated rings. The van der Waals surface area contributed by atoms with Gasteiger partial charge in [-0.25, -0.2) is 9.37 Å². The fourth-order valence-corrected chi connectivity index (χ4v) is 2.92. The van der Waals surface area contributed by atoms with Gasteiger partial charge in [-0.3, -0.25) is 14.4 Å². The van der Waals surface area contributed by atoms with Gasteiger partial charge in [0.15, 0.2) is 5.69 Å². The first-order valence-electron chi connectivity index (χ1n) is 9.04. The van der Waals surface area contributed by atoms with Crippen LogP contribution >= 0.6 is 0 Å². The number of nitrogens with one attached hydrogen (secondary N) is 3. The number of carbonyl (C=O) groups is 3. The van der Waals surface area contributed by atoms with E-state index in [0.29, 0.717) is 5.69 Å². The second-order valence-corrected chi connectivity index (χ2v) is 6.40. The summed E-state index contributed by atoms with van der Waals surface area (Å²) in [4.78, 5) is 39.6. The standard InChI is InChI=1S/C13H16FNO.C6H8N4O2/c14-11-6-8-12(9-7-11)15-13(16)10-4-2-1-3-5-10;1-8-6(12)4-3(5(7)11)9-2-10-4/h6-10H,1-5H2,(H,15,16);2H,1H3,(H2,7,11)(H,8,12)(H,9,10). The van der Waals surface area contributed by atoms with E-state index in [-0.39, 0.29) is 29.0 Å². The Morgan fingerprint density at radius 1 is 1.14 bits per heavy atom. The first-order chi connectivity index (χ1) is 13.4. The Kier molecular flexibility index (Phi) is 7.67. The van der Waals surface area contributed by atoms with Gasteiger partial charge in [0.2, 0.25) is 5.91 Å². The summed E-state index contributed by atoms with van der Waals surface area (Å²) >= 11 is 0. The van der Waals surface area contributed by atoms with Crippen molar-refractivity contribution in [2.24, 2.45) is 11.7 Å². The van der Waals surface area contributed by atoms with Gasteiger partial charge < -0.3 is 21.4 Å². The zero-order valence-electron chi connectivity index (χ0n) is 15.6. The monoisotopic (exact) mass is 389 g/mol. The minimum atomic E-state index is -0.727. The largest absolute Gasteiger partial charge is 0.364 e. The number of H-pyrrole nitrogens is 1. The highest BCUT2D eigenvalue weighted by Crippen LogP contribution is 2.24. The topological polar surface area (TPSA) is 130 Å². The van der Waals surface area contributed by atoms with Gasteiger partial charge in [0.05, 0.1) is 6.33 Å². The van der Waals surface area contributed by atoms with Gasteiger partial charge in [0.1, 0.15) is 11.5 Å². The predicted molar refractivity (Wildman–Crippen MR) is 102 cm³/mol. The molecular formula is C19H24FN5O3. The number of carbonyl (C=O) groups excluding carboxylic acids is 3. The maximum Gasteiger partial charge on any atom is 0.269 e. The third-order valence-electron chi connectivity index (χ3n) is 4.41. The van der Waals surface area contributed by atoms with E-state index >= 15 is 0 Å². The molecule has 0 bridgehead atoms. The second-order valence-electron chi connectivity index (χ2n) is 6.40. The number of nitrogens with two attached hydrogens (primary N) is 1. The third-order valence-corrected chi connectivity index (χ3v) is 4.41. The molecule has 1 aromatic heterocycles. The molecule has 150 valence electrons. The molecular weight excluding hydrogens is 365 g/mol. The molecule has 1 aromatic carbocycles. The van der Waals surface area contributed by atoms with Crippen molar-refractivity contribution in [2.75, 3.05) is 12.4 Å². The van der Waals surface area contributed by atoms with E-state index in [2.05, 4.69) is 20.6 Å². The molecule has 0 unspecified atom stereocenters. The minimum Gasteiger partial charge on any atom is -0.364 e. The van der Waals surface area contributed by atoms with Crippen molar-refractivity contribution in [1.82, 2.24) is 15.3 Å². The van der Waals surface area contributed by atoms with Crippen molar-refractivity contribution in [2.45, 2.75) is 32.1 Å². The smallest absolute Gasteiger partial charge is 0.269 e. The SMILES string of the molecule is CNC(=O)c1[nH]cnc1C(N)=O.O=C(Nc1ccc(F)cc1)C1CCCCC1. The predicted octanol–water partition coefficient (Wildman–Crippen LogP) is 2.21. The van der Waals surface area contributed by atoms with Crippen LogP contribution in [0.1, 0.15) is 53.1 Å². The Balaban J connectivity index is 0.000000209. The normalized spacial score (nSPS) is 13.8. The second kappa shape index (κ2) is 10.2. The molecule has 0 atom stereocenters. The number of aromatic amines is 1. The van der Waals surface area contributed by atoms with Gasteiger partial charge in [0.25, 0.3) is 11.8 Å². The molecule has 1 aliphatic carbocycles. The number of aromatic nitrogens is 2. The molecule has 0 saturated heterocycles. The van der Waals surface area contributed by atoms with Crippen LogP contribution in [0.4, 0.5) is 10.1 Å². The lowest BCUT2D eigenvalue weighted by atomic mass is 9.88. The zero-order chi connectivity index (χ0) is 20.5. The van der Waals surface area contributed by atoms with E-state index < -0.39 is 11.8 Å². The highest BCUT2D eigenvalue weighted by molar-refractivity contribution is 6.04. The fourth-order valence-electron chi connectivity index (χ4n) is 2.92. The van der Waals surface area contributed by atoms with Gasteiger partial charge in [-0.2, -0.15) is 0 Å². The average molecular weight is 389 g/mol. The molecule has 2 aromatic rings. The van der Waals surface area contributed by atoms with Crippen LogP contribution in [0.2, 0.25) is 0 Å². The summed E-state index contributed by atoms with van der Waals surface area (Å²) < 4.78 is 12.7. The number of hydrogen-bond acceptors (Lipinski definition) is 4. The summed E-state index contributed by atoms with van der Waals surface area (Å²) in [7, 11) is 1.45. The molecule has 0 radical (unpaired) electrons. The number of amides is 3. The minimum absolute atomic E-state index is 0.0469. The first-order valence-corrected chi connectivity index (χ1v) is 9.04. The Bertz CT molecular complexity index is 813.